The number of ketones is 1. The molecule has 1 aromatic rings. The molecule has 0 radical (unpaired) electrons. The topological polar surface area (TPSA) is 52.3 Å². The number of anilines is 1. The minimum atomic E-state index is -0.190. The van der Waals surface area contributed by atoms with Gasteiger partial charge in [-0.2, -0.15) is 0 Å². The Bertz CT molecular complexity index is 470. The monoisotopic (exact) mass is 273 g/mol. The van der Waals surface area contributed by atoms with E-state index in [0.29, 0.717) is 18.3 Å². The minimum absolute atomic E-state index is 0.190. The van der Waals surface area contributed by atoms with Crippen LogP contribution in [0, 0.1) is 0 Å². The first-order valence-corrected chi connectivity index (χ1v) is 7.72. The van der Waals surface area contributed by atoms with Crippen molar-refractivity contribution in [3.63, 3.8) is 0 Å². The number of ether oxygens (including phenoxy) is 1. The third kappa shape index (κ3) is 2.73. The summed E-state index contributed by atoms with van der Waals surface area (Å²) in [5.74, 6) is 0.403. The van der Waals surface area contributed by atoms with E-state index < -0.39 is 0 Å². The van der Waals surface area contributed by atoms with Gasteiger partial charge >= 0.3 is 0 Å². The van der Waals surface area contributed by atoms with Crippen LogP contribution < -0.4 is 5.73 Å². The van der Waals surface area contributed by atoms with Crippen LogP contribution in [-0.2, 0) is 14.9 Å². The van der Waals surface area contributed by atoms with Crippen LogP contribution in [0.3, 0.4) is 0 Å². The first kappa shape index (κ1) is 13.6. The Labute approximate surface area is 120 Å². The lowest BCUT2D eigenvalue weighted by Gasteiger charge is -2.15. The number of hydrogen-bond acceptors (Lipinski definition) is 3. The van der Waals surface area contributed by atoms with Crippen molar-refractivity contribution < 1.29 is 9.53 Å². The quantitative estimate of drug-likeness (QED) is 0.810. The molecule has 3 nitrogen and oxygen atoms in total. The lowest BCUT2D eigenvalue weighted by atomic mass is 9.88. The molecule has 1 aromatic carbocycles. The van der Waals surface area contributed by atoms with E-state index in [-0.39, 0.29) is 5.41 Å². The van der Waals surface area contributed by atoms with Gasteiger partial charge in [-0.25, -0.2) is 0 Å². The maximum atomic E-state index is 12.5. The SMILES string of the molecule is Nc1ccc(C2(C(=O)CCCC3CCCO3)CC2)cc1. The molecule has 3 rings (SSSR count). The van der Waals surface area contributed by atoms with Crippen LogP contribution in [0.15, 0.2) is 24.3 Å². The molecule has 0 bridgehead atoms. The number of benzene rings is 1. The van der Waals surface area contributed by atoms with Crippen molar-refractivity contribution in [2.24, 2.45) is 0 Å². The van der Waals surface area contributed by atoms with E-state index in [2.05, 4.69) is 0 Å². The van der Waals surface area contributed by atoms with E-state index in [1.807, 2.05) is 24.3 Å². The minimum Gasteiger partial charge on any atom is -0.399 e. The van der Waals surface area contributed by atoms with Crippen molar-refractivity contribution in [2.45, 2.75) is 56.5 Å². The predicted molar refractivity (Wildman–Crippen MR) is 79.6 cm³/mol. The van der Waals surface area contributed by atoms with Crippen LogP contribution in [0.5, 0.6) is 0 Å². The molecule has 0 aromatic heterocycles. The van der Waals surface area contributed by atoms with E-state index in [9.17, 15) is 4.79 Å². The largest absolute Gasteiger partial charge is 0.399 e. The van der Waals surface area contributed by atoms with Gasteiger partial charge in [0.15, 0.2) is 0 Å². The predicted octanol–water partition coefficient (Wildman–Crippen LogP) is 3.22. The van der Waals surface area contributed by atoms with Crippen LogP contribution in [0.1, 0.15) is 50.5 Å². The molecule has 2 fully saturated rings. The fraction of sp³-hybridized carbons (Fsp3) is 0.588. The van der Waals surface area contributed by atoms with Crippen molar-refractivity contribution in [3.05, 3.63) is 29.8 Å². The van der Waals surface area contributed by atoms with Crippen molar-refractivity contribution >= 4 is 11.5 Å². The molecule has 108 valence electrons. The number of nitrogen functional groups attached to an aromatic ring is 1. The van der Waals surface area contributed by atoms with Crippen LogP contribution in [0.2, 0.25) is 0 Å². The first-order valence-electron chi connectivity index (χ1n) is 7.72. The molecule has 3 heteroatoms. The summed E-state index contributed by atoms with van der Waals surface area (Å²) < 4.78 is 5.61. The number of carbonyl (C=O) groups is 1. The lowest BCUT2D eigenvalue weighted by Crippen LogP contribution is -2.20. The van der Waals surface area contributed by atoms with Crippen LogP contribution >= 0.6 is 0 Å². The average molecular weight is 273 g/mol. The third-order valence-corrected chi connectivity index (χ3v) is 4.70. The molecule has 0 amide bonds. The summed E-state index contributed by atoms with van der Waals surface area (Å²) in [4.78, 5) is 12.5. The number of hydrogen-bond donors (Lipinski definition) is 1. The van der Waals surface area contributed by atoms with Gasteiger partial charge in [-0.1, -0.05) is 12.1 Å². The number of rotatable bonds is 6. The summed E-state index contributed by atoms with van der Waals surface area (Å²) in [6.45, 7) is 0.897. The molecule has 1 aliphatic carbocycles. The molecule has 1 saturated carbocycles. The van der Waals surface area contributed by atoms with E-state index >= 15 is 0 Å². The second kappa shape index (κ2) is 5.57. The molecule has 1 atom stereocenters. The molecule has 20 heavy (non-hydrogen) atoms. The van der Waals surface area contributed by atoms with Crippen LogP contribution in [0.4, 0.5) is 5.69 Å². The van der Waals surface area contributed by atoms with Crippen molar-refractivity contribution in [1.29, 1.82) is 0 Å². The summed E-state index contributed by atoms with van der Waals surface area (Å²) in [6, 6.07) is 7.82. The van der Waals surface area contributed by atoms with Gasteiger partial charge < -0.3 is 10.5 Å². The number of nitrogens with two attached hydrogens (primary N) is 1. The van der Waals surface area contributed by atoms with Gasteiger partial charge in [0, 0.05) is 18.7 Å². The van der Waals surface area contributed by atoms with Gasteiger partial charge in [0.2, 0.25) is 0 Å². The molecular formula is C17H23NO2. The maximum absolute atomic E-state index is 12.5. The number of Topliss-reactive ketones (excluding diaryl/α,β-unsaturated/α-hetero) is 1. The second-order valence-corrected chi connectivity index (χ2v) is 6.15. The molecule has 2 N–H and O–H groups in total. The fourth-order valence-electron chi connectivity index (χ4n) is 3.26. The summed E-state index contributed by atoms with van der Waals surface area (Å²) in [5, 5.41) is 0. The molecule has 1 heterocycles. The third-order valence-electron chi connectivity index (χ3n) is 4.70. The molecule has 2 aliphatic rings. The average Bonchev–Trinajstić information content (AvgIpc) is 3.10. The fourth-order valence-corrected chi connectivity index (χ4v) is 3.26. The van der Waals surface area contributed by atoms with Crippen molar-refractivity contribution in [2.75, 3.05) is 12.3 Å². The highest BCUT2D eigenvalue weighted by atomic mass is 16.5. The van der Waals surface area contributed by atoms with Gasteiger partial charge in [0.05, 0.1) is 11.5 Å². The Hall–Kier alpha value is -1.35. The molecule has 0 spiro atoms. The van der Waals surface area contributed by atoms with Crippen molar-refractivity contribution in [3.8, 4) is 0 Å². The Morgan fingerprint density at radius 1 is 1.30 bits per heavy atom. The van der Waals surface area contributed by atoms with Gasteiger partial charge in [-0.15, -0.1) is 0 Å². The smallest absolute Gasteiger partial charge is 0.143 e. The van der Waals surface area contributed by atoms with E-state index in [1.165, 1.54) is 6.42 Å². The molecular weight excluding hydrogens is 250 g/mol. The summed E-state index contributed by atoms with van der Waals surface area (Å²) >= 11 is 0. The Morgan fingerprint density at radius 3 is 2.65 bits per heavy atom. The van der Waals surface area contributed by atoms with Crippen LogP contribution in [0.25, 0.3) is 0 Å². The van der Waals surface area contributed by atoms with Crippen LogP contribution in [-0.4, -0.2) is 18.5 Å². The second-order valence-electron chi connectivity index (χ2n) is 6.15. The molecule has 1 unspecified atom stereocenters. The van der Waals surface area contributed by atoms with E-state index in [1.54, 1.807) is 0 Å². The van der Waals surface area contributed by atoms with Gasteiger partial charge in [0.25, 0.3) is 0 Å². The normalized spacial score (nSPS) is 23.7. The zero-order valence-electron chi connectivity index (χ0n) is 11.9. The zero-order chi connectivity index (χ0) is 14.0. The highest BCUT2D eigenvalue weighted by molar-refractivity contribution is 5.93. The molecule has 1 aliphatic heterocycles. The Morgan fingerprint density at radius 2 is 2.05 bits per heavy atom. The van der Waals surface area contributed by atoms with E-state index in [0.717, 1.165) is 50.0 Å². The first-order chi connectivity index (χ1) is 9.71. The summed E-state index contributed by atoms with van der Waals surface area (Å²) in [5.41, 5.74) is 7.43. The summed E-state index contributed by atoms with van der Waals surface area (Å²) in [7, 11) is 0. The van der Waals surface area contributed by atoms with Gasteiger partial charge in [-0.05, 0) is 56.2 Å². The van der Waals surface area contributed by atoms with Crippen molar-refractivity contribution in [1.82, 2.24) is 0 Å². The summed E-state index contributed by atoms with van der Waals surface area (Å²) in [6.07, 6.45) is 7.40. The highest BCUT2D eigenvalue weighted by Crippen LogP contribution is 2.50. The van der Waals surface area contributed by atoms with Gasteiger partial charge in [-0.3, -0.25) is 4.79 Å². The maximum Gasteiger partial charge on any atom is 0.143 e. The highest BCUT2D eigenvalue weighted by Gasteiger charge is 2.49. The van der Waals surface area contributed by atoms with E-state index in [4.69, 9.17) is 10.5 Å². The zero-order valence-corrected chi connectivity index (χ0v) is 11.9. The number of carbonyl (C=O) groups excluding carboxylic acids is 1. The molecule has 1 saturated heterocycles. The standard InChI is InChI=1S/C17H23NO2/c18-14-8-6-13(7-9-14)17(10-11-17)16(19)5-1-3-15-4-2-12-20-15/h6-9,15H,1-5,10-12,18H2. The Kier molecular flexibility index (Phi) is 3.79. The lowest BCUT2D eigenvalue weighted by molar-refractivity contribution is -0.121. The Balaban J connectivity index is 1.54. The van der Waals surface area contributed by atoms with Gasteiger partial charge in [0.1, 0.15) is 5.78 Å².